The van der Waals surface area contributed by atoms with Crippen LogP contribution in [0.1, 0.15) is 83.3 Å². The molecule has 1 fully saturated rings. The molecule has 1 saturated carbocycles. The Labute approximate surface area is 228 Å². The Balaban J connectivity index is 1.39. The first-order valence-corrected chi connectivity index (χ1v) is 14.6. The van der Waals surface area contributed by atoms with E-state index in [2.05, 4.69) is 45.8 Å². The predicted molar refractivity (Wildman–Crippen MR) is 156 cm³/mol. The van der Waals surface area contributed by atoms with Crippen LogP contribution in [-0.4, -0.2) is 52.9 Å². The largest absolute Gasteiger partial charge is 0.358 e. The van der Waals surface area contributed by atoms with Gasteiger partial charge in [-0.15, -0.1) is 11.3 Å². The van der Waals surface area contributed by atoms with Crippen LogP contribution >= 0.6 is 11.3 Å². The van der Waals surface area contributed by atoms with Crippen molar-refractivity contribution in [2.75, 3.05) is 31.5 Å². The number of fused-ring (bicyclic) bond motifs is 1. The first kappa shape index (κ1) is 26.4. The van der Waals surface area contributed by atoms with Crippen LogP contribution < -0.4 is 10.6 Å². The number of benzene rings is 1. The van der Waals surface area contributed by atoms with Crippen LogP contribution in [0.25, 0.3) is 22.9 Å². The molecule has 38 heavy (non-hydrogen) atoms. The van der Waals surface area contributed by atoms with Gasteiger partial charge in [0.1, 0.15) is 0 Å². The highest BCUT2D eigenvalue weighted by Gasteiger charge is 2.27. The topological polar surface area (TPSA) is 90.1 Å². The average molecular weight is 532 g/mol. The van der Waals surface area contributed by atoms with Gasteiger partial charge in [0, 0.05) is 52.6 Å². The lowest BCUT2D eigenvalue weighted by Crippen LogP contribution is -2.35. The van der Waals surface area contributed by atoms with Gasteiger partial charge < -0.3 is 20.5 Å². The van der Waals surface area contributed by atoms with Gasteiger partial charge in [-0.05, 0) is 63.6 Å². The molecule has 0 atom stereocenters. The number of hydrogen-bond donors (Lipinski definition) is 3. The van der Waals surface area contributed by atoms with Crippen molar-refractivity contribution in [3.63, 3.8) is 0 Å². The van der Waals surface area contributed by atoms with E-state index in [1.54, 1.807) is 11.3 Å². The van der Waals surface area contributed by atoms with Crippen molar-refractivity contribution in [1.29, 1.82) is 0 Å². The van der Waals surface area contributed by atoms with Gasteiger partial charge in [0.15, 0.2) is 0 Å². The first-order chi connectivity index (χ1) is 18.4. The molecule has 8 heteroatoms. The number of aromatic nitrogens is 2. The van der Waals surface area contributed by atoms with Gasteiger partial charge in [0.2, 0.25) is 0 Å². The Bertz CT molecular complexity index is 1380. The molecule has 1 aliphatic heterocycles. The van der Waals surface area contributed by atoms with E-state index in [1.165, 1.54) is 30.7 Å². The lowest BCUT2D eigenvalue weighted by Gasteiger charge is -2.18. The molecule has 2 amide bonds. The number of amides is 2. The standard InChI is InChI=1S/C30H37N5O2S/c1-5-35(6-2)14-13-31-29(37)27-18(3)25(32-19(27)4)16-23-22-15-21(11-12-24(22)33-28(23)36)26-17-38-30(34-26)20-9-7-8-10-20/h11-12,15-17,20,32H,5-10,13-14H2,1-4H3,(H,31,37)(H,33,36)/b23-16-. The van der Waals surface area contributed by atoms with Gasteiger partial charge in [-0.2, -0.15) is 0 Å². The number of carbonyl (C=O) groups is 2. The number of rotatable bonds is 9. The van der Waals surface area contributed by atoms with E-state index >= 15 is 0 Å². The highest BCUT2D eigenvalue weighted by molar-refractivity contribution is 7.10. The summed E-state index contributed by atoms with van der Waals surface area (Å²) in [6.07, 6.45) is 6.90. The lowest BCUT2D eigenvalue weighted by molar-refractivity contribution is -0.110. The molecular formula is C30H37N5O2S. The van der Waals surface area contributed by atoms with Gasteiger partial charge >= 0.3 is 0 Å². The SMILES string of the molecule is CCN(CC)CCNC(=O)c1c(C)[nH]c(/C=C2\C(=O)Nc3ccc(-c4csc(C5CCCC5)n4)cc32)c1C. The van der Waals surface area contributed by atoms with Crippen LogP contribution in [0.3, 0.4) is 0 Å². The zero-order chi connectivity index (χ0) is 26.8. The molecular weight excluding hydrogens is 494 g/mol. The molecule has 3 heterocycles. The van der Waals surface area contributed by atoms with E-state index < -0.39 is 0 Å². The number of aromatic amines is 1. The van der Waals surface area contributed by atoms with Crippen LogP contribution in [0.2, 0.25) is 0 Å². The molecule has 7 nitrogen and oxygen atoms in total. The van der Waals surface area contributed by atoms with Crippen molar-refractivity contribution in [2.24, 2.45) is 0 Å². The number of carbonyl (C=O) groups excluding carboxylic acids is 2. The van der Waals surface area contributed by atoms with Crippen molar-refractivity contribution < 1.29 is 9.59 Å². The van der Waals surface area contributed by atoms with E-state index in [4.69, 9.17) is 4.98 Å². The van der Waals surface area contributed by atoms with E-state index in [-0.39, 0.29) is 11.8 Å². The predicted octanol–water partition coefficient (Wildman–Crippen LogP) is 5.98. The number of nitrogens with zero attached hydrogens (tertiary/aromatic N) is 2. The molecule has 2 aliphatic rings. The summed E-state index contributed by atoms with van der Waals surface area (Å²) in [6.45, 7) is 11.4. The minimum absolute atomic E-state index is 0.0896. The Kier molecular flexibility index (Phi) is 7.81. The maximum Gasteiger partial charge on any atom is 0.256 e. The number of H-pyrrole nitrogens is 1. The maximum atomic E-state index is 13.0. The summed E-state index contributed by atoms with van der Waals surface area (Å²) < 4.78 is 0. The quantitative estimate of drug-likeness (QED) is 0.297. The average Bonchev–Trinajstić information content (AvgIpc) is 3.70. The fourth-order valence-corrected chi connectivity index (χ4v) is 6.63. The molecule has 1 aromatic carbocycles. The molecule has 200 valence electrons. The van der Waals surface area contributed by atoms with Crippen molar-refractivity contribution in [3.05, 3.63) is 56.7 Å². The molecule has 0 spiro atoms. The smallest absolute Gasteiger partial charge is 0.256 e. The third-order valence-electron chi connectivity index (χ3n) is 7.92. The lowest BCUT2D eigenvalue weighted by atomic mass is 10.0. The van der Waals surface area contributed by atoms with Crippen LogP contribution in [0.15, 0.2) is 23.6 Å². The van der Waals surface area contributed by atoms with Crippen LogP contribution in [-0.2, 0) is 4.79 Å². The van der Waals surface area contributed by atoms with Gasteiger partial charge in [0.05, 0.1) is 21.8 Å². The maximum absolute atomic E-state index is 13.0. The number of nitrogens with one attached hydrogen (secondary N) is 3. The van der Waals surface area contributed by atoms with Crippen molar-refractivity contribution >= 4 is 40.5 Å². The molecule has 0 radical (unpaired) electrons. The summed E-state index contributed by atoms with van der Waals surface area (Å²) in [6, 6.07) is 6.04. The highest BCUT2D eigenvalue weighted by atomic mass is 32.1. The second-order valence-electron chi connectivity index (χ2n) is 10.3. The van der Waals surface area contributed by atoms with E-state index in [1.807, 2.05) is 32.1 Å². The normalized spacial score (nSPS) is 16.4. The summed E-state index contributed by atoms with van der Waals surface area (Å²) >= 11 is 1.74. The molecule has 1 aliphatic carbocycles. The molecule has 5 rings (SSSR count). The van der Waals surface area contributed by atoms with Gasteiger partial charge in [0.25, 0.3) is 11.8 Å². The van der Waals surface area contributed by atoms with Crippen LogP contribution in [0.4, 0.5) is 5.69 Å². The van der Waals surface area contributed by atoms with Crippen molar-refractivity contribution in [3.8, 4) is 11.3 Å². The summed E-state index contributed by atoms with van der Waals surface area (Å²) in [5.74, 6) is 0.358. The zero-order valence-electron chi connectivity index (χ0n) is 22.7. The molecule has 0 bridgehead atoms. The molecule has 3 N–H and O–H groups in total. The summed E-state index contributed by atoms with van der Waals surface area (Å²) in [5, 5.41) is 9.40. The molecule has 0 unspecified atom stereocenters. The number of thiazole rings is 1. The second kappa shape index (κ2) is 11.3. The number of likely N-dealkylation sites (N-methyl/N-ethyl adjacent to an activating group) is 1. The Morgan fingerprint density at radius 1 is 1.21 bits per heavy atom. The van der Waals surface area contributed by atoms with E-state index in [9.17, 15) is 9.59 Å². The fourth-order valence-electron chi connectivity index (χ4n) is 5.63. The Hall–Kier alpha value is -3.23. The van der Waals surface area contributed by atoms with Crippen LogP contribution in [0.5, 0.6) is 0 Å². The Morgan fingerprint density at radius 3 is 2.71 bits per heavy atom. The number of anilines is 1. The molecule has 3 aromatic rings. The zero-order valence-corrected chi connectivity index (χ0v) is 23.6. The van der Waals surface area contributed by atoms with E-state index in [0.717, 1.165) is 59.1 Å². The number of aryl methyl sites for hydroxylation is 1. The summed E-state index contributed by atoms with van der Waals surface area (Å²) in [7, 11) is 0. The van der Waals surface area contributed by atoms with E-state index in [0.29, 0.717) is 23.6 Å². The first-order valence-electron chi connectivity index (χ1n) is 13.7. The molecule has 0 saturated heterocycles. The van der Waals surface area contributed by atoms with Crippen LogP contribution in [0, 0.1) is 13.8 Å². The third-order valence-corrected chi connectivity index (χ3v) is 8.93. The monoisotopic (exact) mass is 531 g/mol. The third kappa shape index (κ3) is 5.20. The van der Waals surface area contributed by atoms with Gasteiger partial charge in [-0.1, -0.05) is 32.8 Å². The van der Waals surface area contributed by atoms with Gasteiger partial charge in [-0.3, -0.25) is 9.59 Å². The number of hydrogen-bond acceptors (Lipinski definition) is 5. The highest BCUT2D eigenvalue weighted by Crippen LogP contribution is 2.40. The summed E-state index contributed by atoms with van der Waals surface area (Å²) in [5.41, 5.74) is 7.28. The van der Waals surface area contributed by atoms with Crippen molar-refractivity contribution in [1.82, 2.24) is 20.2 Å². The minimum Gasteiger partial charge on any atom is -0.358 e. The van der Waals surface area contributed by atoms with Crippen molar-refractivity contribution in [2.45, 2.75) is 59.3 Å². The fraction of sp³-hybridized carbons (Fsp3) is 0.433. The van der Waals surface area contributed by atoms with Gasteiger partial charge in [-0.25, -0.2) is 4.98 Å². The Morgan fingerprint density at radius 2 is 1.97 bits per heavy atom. The molecule has 2 aromatic heterocycles. The minimum atomic E-state index is -0.140. The summed E-state index contributed by atoms with van der Waals surface area (Å²) in [4.78, 5) is 36.5. The second-order valence-corrected chi connectivity index (χ2v) is 11.2.